The van der Waals surface area contributed by atoms with E-state index >= 15 is 0 Å². The molecule has 62 heavy (non-hydrogen) atoms. The topological polar surface area (TPSA) is 95.9 Å². The van der Waals surface area contributed by atoms with Crippen LogP contribution in [0, 0.1) is 0 Å². The van der Waals surface area contributed by atoms with E-state index in [-0.39, 0.29) is 24.9 Å². The van der Waals surface area contributed by atoms with Gasteiger partial charge in [-0.1, -0.05) is 240 Å². The molecule has 0 bridgehead atoms. The average Bonchev–Trinajstić information content (AvgIpc) is 3.26. The normalized spacial score (nSPS) is 14.1. The number of aliphatic hydroxyl groups excluding tert-OH is 2. The van der Waals surface area contributed by atoms with E-state index in [1.807, 2.05) is 60.8 Å². The van der Waals surface area contributed by atoms with Crippen LogP contribution in [0.4, 0.5) is 0 Å². The van der Waals surface area contributed by atoms with Crippen molar-refractivity contribution in [3.63, 3.8) is 0 Å². The first-order chi connectivity index (χ1) is 30.5. The van der Waals surface area contributed by atoms with Gasteiger partial charge in [0.25, 0.3) is 0 Å². The molecule has 6 heteroatoms. The van der Waals surface area contributed by atoms with E-state index in [1.54, 1.807) is 0 Å². The fourth-order valence-electron chi connectivity index (χ4n) is 7.22. The molecule has 0 saturated carbocycles. The molecular formula is C56H95NO5. The van der Waals surface area contributed by atoms with Crippen molar-refractivity contribution in [1.82, 2.24) is 5.32 Å². The maximum Gasteiger partial charge on any atom is 0.306 e. The van der Waals surface area contributed by atoms with Gasteiger partial charge in [-0.15, -0.1) is 0 Å². The third-order valence-electron chi connectivity index (χ3n) is 11.1. The highest BCUT2D eigenvalue weighted by molar-refractivity contribution is 5.77. The monoisotopic (exact) mass is 862 g/mol. The quantitative estimate of drug-likeness (QED) is 0.0322. The molecule has 0 aromatic carbocycles. The number of rotatable bonds is 44. The molecule has 0 spiro atoms. The van der Waals surface area contributed by atoms with E-state index in [9.17, 15) is 19.8 Å². The van der Waals surface area contributed by atoms with Crippen LogP contribution in [0.25, 0.3) is 0 Å². The van der Waals surface area contributed by atoms with Crippen LogP contribution in [0.3, 0.4) is 0 Å². The molecule has 0 rings (SSSR count). The van der Waals surface area contributed by atoms with E-state index < -0.39 is 18.2 Å². The lowest BCUT2D eigenvalue weighted by Crippen LogP contribution is -2.46. The van der Waals surface area contributed by atoms with Gasteiger partial charge in [-0.3, -0.25) is 9.59 Å². The molecule has 3 N–H and O–H groups in total. The highest BCUT2D eigenvalue weighted by atomic mass is 16.5. The predicted octanol–water partition coefficient (Wildman–Crippen LogP) is 15.3. The van der Waals surface area contributed by atoms with Gasteiger partial charge in [-0.25, -0.2) is 0 Å². The van der Waals surface area contributed by atoms with Gasteiger partial charge in [0.05, 0.1) is 25.2 Å². The molecule has 6 nitrogen and oxygen atoms in total. The minimum atomic E-state index is -0.817. The number of carbonyl (C=O) groups is 2. The maximum atomic E-state index is 13.2. The van der Waals surface area contributed by atoms with Crippen LogP contribution in [-0.4, -0.2) is 46.9 Å². The van der Waals surface area contributed by atoms with Crippen molar-refractivity contribution in [2.45, 2.75) is 238 Å². The first-order valence-corrected chi connectivity index (χ1v) is 25.6. The zero-order chi connectivity index (χ0) is 45.2. The molecule has 3 atom stereocenters. The molecule has 354 valence electrons. The summed E-state index contributed by atoms with van der Waals surface area (Å²) in [5, 5.41) is 23.7. The molecule has 0 aliphatic heterocycles. The molecule has 0 aliphatic rings. The van der Waals surface area contributed by atoms with Crippen LogP contribution in [0.2, 0.25) is 0 Å². The Morgan fingerprint density at radius 3 is 1.37 bits per heavy atom. The number of unbranched alkanes of at least 4 members (excludes halogenated alkanes) is 22. The van der Waals surface area contributed by atoms with Crippen LogP contribution in [0.15, 0.2) is 97.2 Å². The minimum absolute atomic E-state index is 0.0108. The van der Waals surface area contributed by atoms with Crippen molar-refractivity contribution in [1.29, 1.82) is 0 Å². The first kappa shape index (κ1) is 58.8. The summed E-state index contributed by atoms with van der Waals surface area (Å²) >= 11 is 0. The van der Waals surface area contributed by atoms with Crippen molar-refractivity contribution >= 4 is 11.9 Å². The van der Waals surface area contributed by atoms with Crippen molar-refractivity contribution < 1.29 is 24.5 Å². The van der Waals surface area contributed by atoms with Crippen molar-refractivity contribution in [3.05, 3.63) is 97.2 Å². The summed E-state index contributed by atoms with van der Waals surface area (Å²) in [5.41, 5.74) is 0. The number of nitrogens with one attached hydrogen (secondary N) is 1. The summed E-state index contributed by atoms with van der Waals surface area (Å²) in [6.45, 7) is 6.29. The average molecular weight is 862 g/mol. The summed E-state index contributed by atoms with van der Waals surface area (Å²) < 4.78 is 5.88. The first-order valence-electron chi connectivity index (χ1n) is 25.6. The third kappa shape index (κ3) is 43.4. The molecule has 0 aromatic heterocycles. The lowest BCUT2D eigenvalue weighted by atomic mass is 10.0. The summed E-state index contributed by atoms with van der Waals surface area (Å²) in [6, 6.07) is -0.736. The number of allylic oxidation sites excluding steroid dienone is 16. The van der Waals surface area contributed by atoms with Crippen LogP contribution < -0.4 is 5.32 Å². The Kier molecular flexibility index (Phi) is 46.3. The molecule has 0 saturated heterocycles. The highest BCUT2D eigenvalue weighted by Gasteiger charge is 2.24. The predicted molar refractivity (Wildman–Crippen MR) is 268 cm³/mol. The zero-order valence-electron chi connectivity index (χ0n) is 40.2. The summed E-state index contributed by atoms with van der Waals surface area (Å²) in [4.78, 5) is 26.1. The lowest BCUT2D eigenvalue weighted by molar-refractivity contribution is -0.151. The minimum Gasteiger partial charge on any atom is -0.462 e. The number of esters is 1. The van der Waals surface area contributed by atoms with Gasteiger partial charge in [-0.2, -0.15) is 0 Å². The second kappa shape index (κ2) is 48.8. The van der Waals surface area contributed by atoms with Gasteiger partial charge < -0.3 is 20.3 Å². The number of ether oxygens (including phenoxy) is 1. The Morgan fingerprint density at radius 2 is 0.887 bits per heavy atom. The summed E-state index contributed by atoms with van der Waals surface area (Å²) in [6.07, 6.45) is 64.7. The number of aliphatic hydroxyl groups is 2. The van der Waals surface area contributed by atoms with Gasteiger partial charge in [0.2, 0.25) is 5.91 Å². The molecular weight excluding hydrogens is 767 g/mol. The summed E-state index contributed by atoms with van der Waals surface area (Å²) in [7, 11) is 0. The Labute approximate surface area is 382 Å². The largest absolute Gasteiger partial charge is 0.462 e. The number of hydrogen-bond donors (Lipinski definition) is 3. The highest BCUT2D eigenvalue weighted by Crippen LogP contribution is 2.16. The van der Waals surface area contributed by atoms with E-state index in [0.29, 0.717) is 19.3 Å². The molecule has 0 radical (unpaired) electrons. The smallest absolute Gasteiger partial charge is 0.306 e. The van der Waals surface area contributed by atoms with E-state index in [0.717, 1.165) is 70.6 Å². The van der Waals surface area contributed by atoms with E-state index in [4.69, 9.17) is 4.74 Å². The van der Waals surface area contributed by atoms with Gasteiger partial charge >= 0.3 is 5.97 Å². The van der Waals surface area contributed by atoms with E-state index in [2.05, 4.69) is 62.5 Å². The standard InChI is InChI=1S/C56H95NO5/c1-4-7-10-13-16-19-22-25-27-29-31-34-37-40-43-46-49-56(61)62-52(47-44-41-38-35-32-30-28-26-23-20-17-14-11-8-5-2)50-55(60)57-53(51-58)54(59)48-45-42-39-36-33-24-21-18-15-12-9-6-3/h8,11,14,17,20,23,26-32,34-35,38,52-54,58-59H,4-7,9-10,12-13,15-16,18-19,21-22,24-25,33,36-37,39-51H2,1-3H3,(H,57,60)/b11-8-,17-14+,23-20+,28-26-,29-27+,32-30+,34-31+,38-35+. The Bertz CT molecular complexity index is 1240. The molecule has 0 aromatic rings. The van der Waals surface area contributed by atoms with Gasteiger partial charge in [0.1, 0.15) is 6.10 Å². The Balaban J connectivity index is 4.79. The van der Waals surface area contributed by atoms with Crippen LogP contribution in [-0.2, 0) is 14.3 Å². The maximum absolute atomic E-state index is 13.2. The SMILES string of the molecule is CC\C=C/C=C/C=C/C=C\C=C\C=C\CCCC(CC(=O)NC(CO)C(O)CCCCCCCCCCCCCC)OC(=O)CCCCC/C=C/C=C/CCCCCCCCC. The van der Waals surface area contributed by atoms with Gasteiger partial charge in [0.15, 0.2) is 0 Å². The second-order valence-electron chi connectivity index (χ2n) is 17.0. The van der Waals surface area contributed by atoms with Crippen LogP contribution in [0.5, 0.6) is 0 Å². The van der Waals surface area contributed by atoms with Crippen LogP contribution in [0.1, 0.15) is 220 Å². The molecule has 1 amide bonds. The number of carbonyl (C=O) groups excluding carboxylic acids is 2. The molecule has 3 unspecified atom stereocenters. The second-order valence-corrected chi connectivity index (χ2v) is 17.0. The third-order valence-corrected chi connectivity index (χ3v) is 11.1. The lowest BCUT2D eigenvalue weighted by Gasteiger charge is -2.24. The zero-order valence-corrected chi connectivity index (χ0v) is 40.2. The number of amides is 1. The molecule has 0 aliphatic carbocycles. The van der Waals surface area contributed by atoms with Crippen molar-refractivity contribution in [2.75, 3.05) is 6.61 Å². The van der Waals surface area contributed by atoms with Crippen LogP contribution >= 0.6 is 0 Å². The van der Waals surface area contributed by atoms with Crippen molar-refractivity contribution in [3.8, 4) is 0 Å². The Morgan fingerprint density at radius 1 is 0.484 bits per heavy atom. The number of hydrogen-bond acceptors (Lipinski definition) is 5. The van der Waals surface area contributed by atoms with Gasteiger partial charge in [-0.05, 0) is 64.2 Å². The van der Waals surface area contributed by atoms with Crippen molar-refractivity contribution in [2.24, 2.45) is 0 Å². The summed E-state index contributed by atoms with van der Waals surface area (Å²) in [5.74, 6) is -0.587. The fourth-order valence-corrected chi connectivity index (χ4v) is 7.22. The van der Waals surface area contributed by atoms with Gasteiger partial charge in [0, 0.05) is 6.42 Å². The molecule has 0 fully saturated rings. The fraction of sp³-hybridized carbons (Fsp3) is 0.679. The van der Waals surface area contributed by atoms with E-state index in [1.165, 1.54) is 103 Å². The molecule has 0 heterocycles. The Hall–Kier alpha value is -3.22.